The Labute approximate surface area is 98.5 Å². The molecule has 2 N–H and O–H groups in total. The van der Waals surface area contributed by atoms with Crippen molar-refractivity contribution in [1.82, 2.24) is 0 Å². The maximum atomic E-state index is 12.7. The number of anilines is 1. The fourth-order valence-electron chi connectivity index (χ4n) is 1.27. The molecular weight excluding hydrogens is 228 g/mol. The van der Waals surface area contributed by atoms with Gasteiger partial charge >= 0.3 is 0 Å². The van der Waals surface area contributed by atoms with E-state index >= 15 is 0 Å². The number of rotatable bonds is 6. The molecule has 94 valence electrons. The third-order valence-electron chi connectivity index (χ3n) is 2.31. The number of carbonyl (C=O) groups is 1. The molecule has 0 radical (unpaired) electrons. The molecule has 5 heteroatoms. The number of hydrogen-bond donors (Lipinski definition) is 2. The Kier molecular flexibility index (Phi) is 4.57. The standard InChI is InChI=1S/C12H15F2NO2/c1-2-11(17)9-3-5-10(6-4-9)15-7-12(13,14)8-16/h3-6,15-16H,2,7-8H2,1H3. The van der Waals surface area contributed by atoms with Crippen molar-refractivity contribution in [1.29, 1.82) is 0 Å². The summed E-state index contributed by atoms with van der Waals surface area (Å²) in [5, 5.41) is 10.9. The summed E-state index contributed by atoms with van der Waals surface area (Å²) in [4.78, 5) is 11.3. The minimum atomic E-state index is -3.14. The first-order valence-electron chi connectivity index (χ1n) is 5.34. The monoisotopic (exact) mass is 243 g/mol. The van der Waals surface area contributed by atoms with Gasteiger partial charge in [-0.1, -0.05) is 6.92 Å². The zero-order valence-corrected chi connectivity index (χ0v) is 9.54. The first kappa shape index (κ1) is 13.6. The normalized spacial score (nSPS) is 11.3. The Morgan fingerprint density at radius 3 is 2.41 bits per heavy atom. The van der Waals surface area contributed by atoms with Gasteiger partial charge in [-0.2, -0.15) is 0 Å². The fraction of sp³-hybridized carbons (Fsp3) is 0.417. The number of benzene rings is 1. The zero-order chi connectivity index (χ0) is 12.9. The van der Waals surface area contributed by atoms with E-state index in [1.807, 2.05) is 0 Å². The van der Waals surface area contributed by atoms with Gasteiger partial charge in [0.1, 0.15) is 6.61 Å². The van der Waals surface area contributed by atoms with Crippen LogP contribution in [-0.2, 0) is 0 Å². The van der Waals surface area contributed by atoms with Gasteiger partial charge in [0.25, 0.3) is 5.92 Å². The van der Waals surface area contributed by atoms with Gasteiger partial charge in [-0.05, 0) is 24.3 Å². The van der Waals surface area contributed by atoms with E-state index in [1.54, 1.807) is 31.2 Å². The van der Waals surface area contributed by atoms with Gasteiger partial charge in [0.2, 0.25) is 0 Å². The van der Waals surface area contributed by atoms with Crippen molar-refractivity contribution in [3.63, 3.8) is 0 Å². The van der Waals surface area contributed by atoms with Crippen molar-refractivity contribution >= 4 is 11.5 Å². The molecule has 0 aliphatic rings. The molecule has 0 aromatic heterocycles. The summed E-state index contributed by atoms with van der Waals surface area (Å²) in [6.45, 7) is -0.0622. The Bertz CT molecular complexity index is 377. The number of aliphatic hydroxyl groups is 1. The van der Waals surface area contributed by atoms with E-state index in [-0.39, 0.29) is 5.78 Å². The van der Waals surface area contributed by atoms with Gasteiger partial charge < -0.3 is 10.4 Å². The van der Waals surface area contributed by atoms with E-state index in [9.17, 15) is 13.6 Å². The van der Waals surface area contributed by atoms with Crippen molar-refractivity contribution in [2.75, 3.05) is 18.5 Å². The molecule has 0 atom stereocenters. The van der Waals surface area contributed by atoms with Crippen molar-refractivity contribution in [2.24, 2.45) is 0 Å². The van der Waals surface area contributed by atoms with Crippen LogP contribution in [0.25, 0.3) is 0 Å². The minimum absolute atomic E-state index is 0.0113. The molecule has 0 aliphatic heterocycles. The van der Waals surface area contributed by atoms with Gasteiger partial charge in [0, 0.05) is 17.7 Å². The molecule has 0 saturated heterocycles. The molecule has 0 saturated carbocycles. The number of hydrogen-bond acceptors (Lipinski definition) is 3. The minimum Gasteiger partial charge on any atom is -0.390 e. The molecule has 0 unspecified atom stereocenters. The zero-order valence-electron chi connectivity index (χ0n) is 9.54. The van der Waals surface area contributed by atoms with Gasteiger partial charge in [-0.15, -0.1) is 0 Å². The summed E-state index contributed by atoms with van der Waals surface area (Å²) >= 11 is 0. The molecule has 0 bridgehead atoms. The van der Waals surface area contributed by atoms with Gasteiger partial charge in [-0.3, -0.25) is 4.79 Å². The summed E-state index contributed by atoms with van der Waals surface area (Å²) < 4.78 is 25.5. The first-order valence-corrected chi connectivity index (χ1v) is 5.34. The van der Waals surface area contributed by atoms with Crippen LogP contribution >= 0.6 is 0 Å². The van der Waals surface area contributed by atoms with Gasteiger partial charge in [-0.25, -0.2) is 8.78 Å². The highest BCUT2D eigenvalue weighted by Gasteiger charge is 2.27. The van der Waals surface area contributed by atoms with E-state index in [4.69, 9.17) is 5.11 Å². The van der Waals surface area contributed by atoms with Crippen molar-refractivity contribution in [3.8, 4) is 0 Å². The van der Waals surface area contributed by atoms with E-state index in [2.05, 4.69) is 5.32 Å². The number of aliphatic hydroxyl groups excluding tert-OH is 1. The molecular formula is C12H15F2NO2. The molecule has 1 rings (SSSR count). The predicted octanol–water partition coefficient (Wildman–Crippen LogP) is 2.32. The number of ketones is 1. The molecule has 1 aromatic carbocycles. The molecule has 0 amide bonds. The highest BCUT2D eigenvalue weighted by Crippen LogP contribution is 2.15. The van der Waals surface area contributed by atoms with E-state index in [1.165, 1.54) is 0 Å². The van der Waals surface area contributed by atoms with Crippen LogP contribution in [0.2, 0.25) is 0 Å². The van der Waals surface area contributed by atoms with Crippen LogP contribution in [0.4, 0.5) is 14.5 Å². The third kappa shape index (κ3) is 4.11. The maximum Gasteiger partial charge on any atom is 0.287 e. The van der Waals surface area contributed by atoms with Crippen molar-refractivity contribution in [3.05, 3.63) is 29.8 Å². The summed E-state index contributed by atoms with van der Waals surface area (Å²) in [6.07, 6.45) is 0.412. The quantitative estimate of drug-likeness (QED) is 0.754. The summed E-state index contributed by atoms with van der Waals surface area (Å²) in [7, 11) is 0. The predicted molar refractivity (Wildman–Crippen MR) is 61.6 cm³/mol. The van der Waals surface area contributed by atoms with Crippen LogP contribution in [0.15, 0.2) is 24.3 Å². The maximum absolute atomic E-state index is 12.7. The van der Waals surface area contributed by atoms with Crippen molar-refractivity contribution in [2.45, 2.75) is 19.3 Å². The Hall–Kier alpha value is -1.49. The second-order valence-corrected chi connectivity index (χ2v) is 3.72. The lowest BCUT2D eigenvalue weighted by Gasteiger charge is -2.14. The lowest BCUT2D eigenvalue weighted by Crippen LogP contribution is -2.30. The fourth-order valence-corrected chi connectivity index (χ4v) is 1.27. The van der Waals surface area contributed by atoms with Crippen LogP contribution in [0, 0.1) is 0 Å². The third-order valence-corrected chi connectivity index (χ3v) is 2.31. The number of alkyl halides is 2. The van der Waals surface area contributed by atoms with Crippen LogP contribution in [-0.4, -0.2) is 30.0 Å². The summed E-state index contributed by atoms with van der Waals surface area (Å²) in [5.74, 6) is -3.13. The highest BCUT2D eigenvalue weighted by atomic mass is 19.3. The Morgan fingerprint density at radius 2 is 1.94 bits per heavy atom. The van der Waals surface area contributed by atoms with E-state index in [0.29, 0.717) is 17.7 Å². The smallest absolute Gasteiger partial charge is 0.287 e. The van der Waals surface area contributed by atoms with Crippen LogP contribution in [0.3, 0.4) is 0 Å². The lowest BCUT2D eigenvalue weighted by molar-refractivity contribution is -0.0372. The molecule has 1 aromatic rings. The summed E-state index contributed by atoms with van der Waals surface area (Å²) in [6, 6.07) is 6.31. The Morgan fingerprint density at radius 1 is 1.35 bits per heavy atom. The highest BCUT2D eigenvalue weighted by molar-refractivity contribution is 5.96. The molecule has 0 aliphatic carbocycles. The second-order valence-electron chi connectivity index (χ2n) is 3.72. The SMILES string of the molecule is CCC(=O)c1ccc(NCC(F)(F)CO)cc1. The Balaban J connectivity index is 2.60. The average molecular weight is 243 g/mol. The largest absolute Gasteiger partial charge is 0.390 e. The molecule has 0 heterocycles. The van der Waals surface area contributed by atoms with Crippen LogP contribution < -0.4 is 5.32 Å². The molecule has 17 heavy (non-hydrogen) atoms. The van der Waals surface area contributed by atoms with Crippen LogP contribution in [0.1, 0.15) is 23.7 Å². The van der Waals surface area contributed by atoms with E-state index < -0.39 is 19.1 Å². The number of carbonyl (C=O) groups excluding carboxylic acids is 1. The number of Topliss-reactive ketones (excluding diaryl/α,β-unsaturated/α-hetero) is 1. The first-order chi connectivity index (χ1) is 7.98. The number of halogens is 2. The average Bonchev–Trinajstić information content (AvgIpc) is 2.36. The topological polar surface area (TPSA) is 49.3 Å². The second kappa shape index (κ2) is 5.72. The van der Waals surface area contributed by atoms with Gasteiger partial charge in [0.05, 0.1) is 6.54 Å². The molecule has 0 spiro atoms. The van der Waals surface area contributed by atoms with Gasteiger partial charge in [0.15, 0.2) is 5.78 Å². The summed E-state index contributed by atoms with van der Waals surface area (Å²) in [5.41, 5.74) is 1.05. The van der Waals surface area contributed by atoms with Crippen molar-refractivity contribution < 1.29 is 18.7 Å². The van der Waals surface area contributed by atoms with E-state index in [0.717, 1.165) is 0 Å². The number of nitrogens with one attached hydrogen (secondary N) is 1. The molecule has 0 fully saturated rings. The lowest BCUT2D eigenvalue weighted by atomic mass is 10.1. The van der Waals surface area contributed by atoms with Crippen LogP contribution in [0.5, 0.6) is 0 Å². The molecule has 3 nitrogen and oxygen atoms in total.